The molecular formula is C13H15FN3P. The molecule has 0 aliphatic heterocycles. The zero-order valence-electron chi connectivity index (χ0n) is 9.81. The third kappa shape index (κ3) is 4.93. The van der Waals surface area contributed by atoms with Gasteiger partial charge in [0, 0.05) is 24.0 Å². The second-order valence-electron chi connectivity index (χ2n) is 3.11. The largest absolute Gasteiger partial charge is 0.269 e. The molecular weight excluding hydrogens is 248 g/mol. The highest BCUT2D eigenvalue weighted by atomic mass is 31.0. The predicted octanol–water partition coefficient (Wildman–Crippen LogP) is 2.92. The summed E-state index contributed by atoms with van der Waals surface area (Å²) in [6.45, 7) is 0. The van der Waals surface area contributed by atoms with Crippen LogP contribution in [0.3, 0.4) is 0 Å². The Bertz CT molecular complexity index is 457. The summed E-state index contributed by atoms with van der Waals surface area (Å²) >= 11 is 0. The van der Waals surface area contributed by atoms with E-state index in [9.17, 15) is 0 Å². The summed E-state index contributed by atoms with van der Waals surface area (Å²) in [5.41, 5.74) is 0.998. The molecule has 1 unspecified atom stereocenters. The van der Waals surface area contributed by atoms with E-state index in [1.165, 1.54) is 0 Å². The highest BCUT2D eigenvalue weighted by molar-refractivity contribution is 6.92. The van der Waals surface area contributed by atoms with Gasteiger partial charge in [-0.15, -0.1) is 0 Å². The van der Waals surface area contributed by atoms with Crippen LogP contribution in [-0.4, -0.2) is 15.0 Å². The van der Waals surface area contributed by atoms with E-state index < -0.39 is 0 Å². The average Bonchev–Trinajstić information content (AvgIpc) is 2.42. The molecule has 0 fully saturated rings. The van der Waals surface area contributed by atoms with E-state index in [0.29, 0.717) is 0 Å². The lowest BCUT2D eigenvalue weighted by Crippen LogP contribution is -1.77. The van der Waals surface area contributed by atoms with Gasteiger partial charge >= 0.3 is 0 Å². The maximum atomic E-state index is 4.07. The first kappa shape index (κ1) is 16.1. The number of pyridine rings is 1. The van der Waals surface area contributed by atoms with Crippen LogP contribution in [0.1, 0.15) is 0 Å². The molecule has 0 amide bonds. The molecule has 0 aliphatic carbocycles. The second kappa shape index (κ2) is 9.14. The summed E-state index contributed by atoms with van der Waals surface area (Å²) in [6.07, 6.45) is 6.87. The van der Waals surface area contributed by atoms with Crippen LogP contribution in [0.15, 0.2) is 67.4 Å². The smallest absolute Gasteiger partial charge is 0.116 e. The molecule has 0 bridgehead atoms. The van der Waals surface area contributed by atoms with E-state index in [4.69, 9.17) is 0 Å². The first-order chi connectivity index (χ1) is 7.97. The molecule has 18 heavy (non-hydrogen) atoms. The monoisotopic (exact) mass is 263 g/mol. The number of rotatable bonds is 0. The summed E-state index contributed by atoms with van der Waals surface area (Å²) in [5.74, 6) is 0. The van der Waals surface area contributed by atoms with Gasteiger partial charge < -0.3 is 0 Å². The topological polar surface area (TPSA) is 38.7 Å². The molecule has 0 saturated heterocycles. The molecule has 0 N–H and O–H groups in total. The lowest BCUT2D eigenvalue weighted by molar-refractivity contribution is 1.11. The molecule has 0 spiro atoms. The Labute approximate surface area is 108 Å². The standard InChI is InChI=1S/C8H6N2.C5H5N.FH.H3P/c1-2-4-8-7(3-1)5-9-6-10-8;1-2-4-6-5-3-1;;/h1-6H;1-5H;1H;1H3. The van der Waals surface area contributed by atoms with Crippen molar-refractivity contribution in [3.05, 3.63) is 67.4 Å². The summed E-state index contributed by atoms with van der Waals surface area (Å²) in [4.78, 5) is 11.8. The Morgan fingerprint density at radius 1 is 0.778 bits per heavy atom. The summed E-state index contributed by atoms with van der Waals surface area (Å²) in [7, 11) is 0. The minimum atomic E-state index is 0. The van der Waals surface area contributed by atoms with Gasteiger partial charge in [-0.25, -0.2) is 9.97 Å². The third-order valence-electron chi connectivity index (χ3n) is 1.98. The maximum Gasteiger partial charge on any atom is 0.116 e. The van der Waals surface area contributed by atoms with E-state index in [1.54, 1.807) is 18.7 Å². The zero-order chi connectivity index (χ0) is 11.1. The number of nitrogens with zero attached hydrogens (tertiary/aromatic N) is 3. The van der Waals surface area contributed by atoms with Gasteiger partial charge in [0.25, 0.3) is 0 Å². The van der Waals surface area contributed by atoms with Gasteiger partial charge in [-0.3, -0.25) is 9.69 Å². The fourth-order valence-corrected chi connectivity index (χ4v) is 1.24. The molecule has 0 saturated carbocycles. The Morgan fingerprint density at radius 2 is 1.50 bits per heavy atom. The van der Waals surface area contributed by atoms with Crippen molar-refractivity contribution in [2.75, 3.05) is 0 Å². The van der Waals surface area contributed by atoms with Gasteiger partial charge in [0.1, 0.15) is 6.33 Å². The van der Waals surface area contributed by atoms with Crippen molar-refractivity contribution >= 4 is 20.8 Å². The average molecular weight is 263 g/mol. The molecule has 0 aliphatic rings. The Balaban J connectivity index is 0.000000319. The summed E-state index contributed by atoms with van der Waals surface area (Å²) in [5, 5.41) is 1.09. The van der Waals surface area contributed by atoms with Crippen LogP contribution < -0.4 is 0 Å². The first-order valence-corrected chi connectivity index (χ1v) is 4.96. The molecule has 1 aromatic carbocycles. The van der Waals surface area contributed by atoms with Crippen molar-refractivity contribution in [1.29, 1.82) is 0 Å². The van der Waals surface area contributed by atoms with E-state index >= 15 is 0 Å². The van der Waals surface area contributed by atoms with Crippen molar-refractivity contribution < 1.29 is 4.70 Å². The van der Waals surface area contributed by atoms with Crippen molar-refractivity contribution in [2.24, 2.45) is 0 Å². The van der Waals surface area contributed by atoms with Crippen LogP contribution in [0.2, 0.25) is 0 Å². The quantitative estimate of drug-likeness (QED) is 0.585. The minimum absolute atomic E-state index is 0. The Morgan fingerprint density at radius 3 is 2.06 bits per heavy atom. The number of para-hydroxylation sites is 1. The first-order valence-electron chi connectivity index (χ1n) is 4.96. The SMILES string of the molecule is F.P.c1ccc2ncncc2c1.c1ccncc1. The molecule has 2 heterocycles. The summed E-state index contributed by atoms with van der Waals surface area (Å²) < 4.78 is 0. The highest BCUT2D eigenvalue weighted by Crippen LogP contribution is 2.06. The van der Waals surface area contributed by atoms with Crippen molar-refractivity contribution in [2.45, 2.75) is 0 Å². The zero-order valence-corrected chi connectivity index (χ0v) is 11.2. The van der Waals surface area contributed by atoms with Crippen LogP contribution in [-0.2, 0) is 0 Å². The molecule has 3 rings (SSSR count). The highest BCUT2D eigenvalue weighted by Gasteiger charge is 1.87. The van der Waals surface area contributed by atoms with Gasteiger partial charge in [0.15, 0.2) is 0 Å². The fourth-order valence-electron chi connectivity index (χ4n) is 1.24. The third-order valence-corrected chi connectivity index (χ3v) is 1.98. The number of hydrogen-bond donors (Lipinski definition) is 0. The van der Waals surface area contributed by atoms with Gasteiger partial charge in [-0.05, 0) is 18.2 Å². The van der Waals surface area contributed by atoms with Gasteiger partial charge in [-0.1, -0.05) is 24.3 Å². The van der Waals surface area contributed by atoms with E-state index in [0.717, 1.165) is 10.9 Å². The number of fused-ring (bicyclic) bond motifs is 1. The van der Waals surface area contributed by atoms with E-state index in [2.05, 4.69) is 15.0 Å². The molecule has 3 aromatic rings. The number of aromatic nitrogens is 3. The van der Waals surface area contributed by atoms with Gasteiger partial charge in [-0.2, -0.15) is 9.90 Å². The molecule has 94 valence electrons. The Hall–Kier alpha value is -1.93. The van der Waals surface area contributed by atoms with Crippen LogP contribution in [0.5, 0.6) is 0 Å². The van der Waals surface area contributed by atoms with Crippen LogP contribution >= 0.6 is 9.90 Å². The van der Waals surface area contributed by atoms with Gasteiger partial charge in [0.05, 0.1) is 5.52 Å². The van der Waals surface area contributed by atoms with Crippen LogP contribution in [0, 0.1) is 0 Å². The number of hydrogen-bond acceptors (Lipinski definition) is 3. The number of benzene rings is 1. The molecule has 0 radical (unpaired) electrons. The summed E-state index contributed by atoms with van der Waals surface area (Å²) in [6, 6.07) is 13.6. The lowest BCUT2D eigenvalue weighted by atomic mass is 10.2. The molecule has 1 atom stereocenters. The van der Waals surface area contributed by atoms with Crippen molar-refractivity contribution in [3.63, 3.8) is 0 Å². The predicted molar refractivity (Wildman–Crippen MR) is 77.4 cm³/mol. The van der Waals surface area contributed by atoms with Crippen LogP contribution in [0.25, 0.3) is 10.9 Å². The molecule has 3 nitrogen and oxygen atoms in total. The van der Waals surface area contributed by atoms with E-state index in [-0.39, 0.29) is 14.6 Å². The number of halogens is 1. The van der Waals surface area contributed by atoms with E-state index in [1.807, 2.05) is 48.7 Å². The maximum absolute atomic E-state index is 4.07. The van der Waals surface area contributed by atoms with Crippen molar-refractivity contribution in [1.82, 2.24) is 15.0 Å². The van der Waals surface area contributed by atoms with Crippen LogP contribution in [0.4, 0.5) is 4.70 Å². The normalized spacial score (nSPS) is 8.22. The Kier molecular flexibility index (Phi) is 8.16. The lowest BCUT2D eigenvalue weighted by Gasteiger charge is -1.90. The van der Waals surface area contributed by atoms with Gasteiger partial charge in [0.2, 0.25) is 0 Å². The fraction of sp³-hybridized carbons (Fsp3) is 0. The second-order valence-corrected chi connectivity index (χ2v) is 3.11. The van der Waals surface area contributed by atoms with Crippen molar-refractivity contribution in [3.8, 4) is 0 Å². The molecule has 5 heteroatoms. The molecule has 2 aromatic heterocycles. The minimum Gasteiger partial charge on any atom is -0.269 e.